The summed E-state index contributed by atoms with van der Waals surface area (Å²) in [4.78, 5) is 8.59. The van der Waals surface area contributed by atoms with Gasteiger partial charge in [0.05, 0.1) is 0 Å². The van der Waals surface area contributed by atoms with Crippen molar-refractivity contribution in [2.45, 2.75) is 32.6 Å². The molecule has 4 nitrogen and oxygen atoms in total. The molecule has 120 valence electrons. The lowest BCUT2D eigenvalue weighted by atomic mass is 9.89. The largest absolute Gasteiger partial charge is 0.334 e. The van der Waals surface area contributed by atoms with Crippen molar-refractivity contribution in [2.24, 2.45) is 0 Å². The monoisotopic (exact) mass is 317 g/mol. The van der Waals surface area contributed by atoms with Crippen LogP contribution in [0.3, 0.4) is 0 Å². The Morgan fingerprint density at radius 2 is 1.83 bits per heavy atom. The van der Waals surface area contributed by atoms with E-state index in [0.29, 0.717) is 11.7 Å². The summed E-state index contributed by atoms with van der Waals surface area (Å²) in [5, 5.41) is 4.18. The van der Waals surface area contributed by atoms with E-state index in [1.165, 1.54) is 36.0 Å². The Hall–Kier alpha value is -2.75. The Labute approximate surface area is 141 Å². The fraction of sp³-hybridized carbons (Fsp3) is 0.250. The van der Waals surface area contributed by atoms with Gasteiger partial charge in [-0.15, -0.1) is 0 Å². The summed E-state index contributed by atoms with van der Waals surface area (Å²) >= 11 is 0. The minimum absolute atomic E-state index is 0.522. The van der Waals surface area contributed by atoms with Crippen LogP contribution in [0, 0.1) is 6.92 Å². The third kappa shape index (κ3) is 2.75. The molecule has 0 radical (unpaired) electrons. The number of aromatic nitrogens is 3. The first kappa shape index (κ1) is 14.8. The molecule has 0 spiro atoms. The minimum Gasteiger partial charge on any atom is -0.334 e. The molecule has 1 aliphatic rings. The maximum atomic E-state index is 5.44. The fourth-order valence-corrected chi connectivity index (χ4v) is 3.25. The van der Waals surface area contributed by atoms with E-state index >= 15 is 0 Å². The Morgan fingerprint density at radius 3 is 2.62 bits per heavy atom. The first-order chi connectivity index (χ1) is 11.8. The van der Waals surface area contributed by atoms with Crippen molar-refractivity contribution >= 4 is 5.57 Å². The fourth-order valence-electron chi connectivity index (χ4n) is 3.25. The highest BCUT2D eigenvalue weighted by Gasteiger charge is 2.16. The average Bonchev–Trinajstić information content (AvgIpc) is 3.13. The molecule has 4 heteroatoms. The molecular weight excluding hydrogens is 298 g/mol. The van der Waals surface area contributed by atoms with Gasteiger partial charge in [-0.1, -0.05) is 29.4 Å². The number of benzene rings is 1. The molecule has 2 aromatic heterocycles. The van der Waals surface area contributed by atoms with Crippen LogP contribution in [-0.4, -0.2) is 15.1 Å². The van der Waals surface area contributed by atoms with Crippen LogP contribution in [-0.2, 0) is 0 Å². The highest BCUT2D eigenvalue weighted by molar-refractivity contribution is 5.75. The summed E-state index contributed by atoms with van der Waals surface area (Å²) in [5.41, 5.74) is 5.88. The molecule has 0 N–H and O–H groups in total. The number of pyridine rings is 1. The van der Waals surface area contributed by atoms with Gasteiger partial charge in [0.15, 0.2) is 0 Å². The molecule has 2 heterocycles. The van der Waals surface area contributed by atoms with Gasteiger partial charge in [0, 0.05) is 23.5 Å². The molecule has 4 rings (SSSR count). The third-order valence-electron chi connectivity index (χ3n) is 4.56. The quantitative estimate of drug-likeness (QED) is 0.677. The Bertz CT molecular complexity index is 881. The standard InChI is InChI=1S/C20H19N3O/c1-14-17(15-6-3-2-4-7-15)8-5-9-18(14)19-22-20(24-23-19)16-10-12-21-13-11-16/h5-6,8-13H,2-4,7H2,1H3. The van der Waals surface area contributed by atoms with Gasteiger partial charge in [-0.25, -0.2) is 0 Å². The van der Waals surface area contributed by atoms with Gasteiger partial charge in [0.1, 0.15) is 0 Å². The Morgan fingerprint density at radius 1 is 1.00 bits per heavy atom. The zero-order chi connectivity index (χ0) is 16.4. The van der Waals surface area contributed by atoms with Crippen molar-refractivity contribution < 1.29 is 4.52 Å². The van der Waals surface area contributed by atoms with Crippen LogP contribution in [0.2, 0.25) is 0 Å². The molecule has 1 aliphatic carbocycles. The molecule has 0 bridgehead atoms. The number of rotatable bonds is 3. The summed E-state index contributed by atoms with van der Waals surface area (Å²) in [7, 11) is 0. The molecule has 0 aliphatic heterocycles. The van der Waals surface area contributed by atoms with Gasteiger partial charge in [-0.2, -0.15) is 4.98 Å². The van der Waals surface area contributed by atoms with Gasteiger partial charge in [-0.05, 0) is 61.4 Å². The van der Waals surface area contributed by atoms with E-state index < -0.39 is 0 Å². The summed E-state index contributed by atoms with van der Waals surface area (Å²) < 4.78 is 5.44. The van der Waals surface area contributed by atoms with Gasteiger partial charge in [-0.3, -0.25) is 4.98 Å². The molecule has 1 aromatic carbocycles. The molecule has 0 saturated carbocycles. The number of allylic oxidation sites excluding steroid dienone is 2. The van der Waals surface area contributed by atoms with Gasteiger partial charge in [0.2, 0.25) is 5.82 Å². The van der Waals surface area contributed by atoms with Gasteiger partial charge < -0.3 is 4.52 Å². The normalized spacial score (nSPS) is 14.5. The lowest BCUT2D eigenvalue weighted by molar-refractivity contribution is 0.432. The molecule has 0 fully saturated rings. The molecule has 0 atom stereocenters. The summed E-state index contributed by atoms with van der Waals surface area (Å²) in [6.45, 7) is 2.14. The summed E-state index contributed by atoms with van der Waals surface area (Å²) in [6.07, 6.45) is 10.7. The van der Waals surface area contributed by atoms with Crippen LogP contribution in [0.15, 0.2) is 53.3 Å². The predicted molar refractivity (Wildman–Crippen MR) is 94.1 cm³/mol. The highest BCUT2D eigenvalue weighted by Crippen LogP contribution is 2.33. The van der Waals surface area contributed by atoms with Crippen molar-refractivity contribution in [1.29, 1.82) is 0 Å². The molecule has 3 aromatic rings. The second kappa shape index (κ2) is 6.40. The minimum atomic E-state index is 0.522. The Balaban J connectivity index is 1.73. The first-order valence-electron chi connectivity index (χ1n) is 8.36. The second-order valence-electron chi connectivity index (χ2n) is 6.11. The van der Waals surface area contributed by atoms with Crippen LogP contribution in [0.5, 0.6) is 0 Å². The van der Waals surface area contributed by atoms with Crippen LogP contribution in [0.4, 0.5) is 0 Å². The lowest BCUT2D eigenvalue weighted by Gasteiger charge is -2.16. The SMILES string of the molecule is Cc1c(C2=CCCCC2)cccc1-c1noc(-c2ccncc2)n1. The van der Waals surface area contributed by atoms with Crippen molar-refractivity contribution in [2.75, 3.05) is 0 Å². The van der Waals surface area contributed by atoms with E-state index in [4.69, 9.17) is 4.52 Å². The highest BCUT2D eigenvalue weighted by atomic mass is 16.5. The molecule has 0 amide bonds. The van der Waals surface area contributed by atoms with Gasteiger partial charge >= 0.3 is 0 Å². The zero-order valence-corrected chi connectivity index (χ0v) is 13.7. The van der Waals surface area contributed by atoms with E-state index in [1.807, 2.05) is 12.1 Å². The van der Waals surface area contributed by atoms with Crippen molar-refractivity contribution in [3.8, 4) is 22.8 Å². The van der Waals surface area contributed by atoms with E-state index in [2.05, 4.69) is 46.3 Å². The smallest absolute Gasteiger partial charge is 0.258 e. The number of hydrogen-bond acceptors (Lipinski definition) is 4. The number of nitrogens with zero attached hydrogens (tertiary/aromatic N) is 3. The number of hydrogen-bond donors (Lipinski definition) is 0. The molecule has 0 saturated heterocycles. The van der Waals surface area contributed by atoms with Crippen molar-refractivity contribution in [3.05, 3.63) is 59.9 Å². The van der Waals surface area contributed by atoms with E-state index in [0.717, 1.165) is 17.5 Å². The topological polar surface area (TPSA) is 51.8 Å². The van der Waals surface area contributed by atoms with Crippen molar-refractivity contribution in [1.82, 2.24) is 15.1 Å². The maximum absolute atomic E-state index is 5.44. The van der Waals surface area contributed by atoms with Crippen molar-refractivity contribution in [3.63, 3.8) is 0 Å². The predicted octanol–water partition coefficient (Wildman–Crippen LogP) is 5.06. The second-order valence-corrected chi connectivity index (χ2v) is 6.11. The summed E-state index contributed by atoms with van der Waals surface area (Å²) in [5.74, 6) is 1.16. The zero-order valence-electron chi connectivity index (χ0n) is 13.7. The molecule has 24 heavy (non-hydrogen) atoms. The van der Waals surface area contributed by atoms with Crippen LogP contribution in [0.25, 0.3) is 28.4 Å². The Kier molecular flexibility index (Phi) is 3.95. The first-order valence-corrected chi connectivity index (χ1v) is 8.36. The van der Waals surface area contributed by atoms with Gasteiger partial charge in [0.25, 0.3) is 5.89 Å². The van der Waals surface area contributed by atoms with E-state index in [1.54, 1.807) is 12.4 Å². The average molecular weight is 317 g/mol. The van der Waals surface area contributed by atoms with Crippen LogP contribution < -0.4 is 0 Å². The lowest BCUT2D eigenvalue weighted by Crippen LogP contribution is -1.96. The van der Waals surface area contributed by atoms with E-state index in [9.17, 15) is 0 Å². The third-order valence-corrected chi connectivity index (χ3v) is 4.56. The van der Waals surface area contributed by atoms with E-state index in [-0.39, 0.29) is 0 Å². The molecular formula is C20H19N3O. The van der Waals surface area contributed by atoms with Crippen LogP contribution in [0.1, 0.15) is 36.8 Å². The van der Waals surface area contributed by atoms with Crippen LogP contribution >= 0.6 is 0 Å². The maximum Gasteiger partial charge on any atom is 0.258 e. The summed E-state index contributed by atoms with van der Waals surface area (Å²) in [6, 6.07) is 10.1. The molecule has 0 unspecified atom stereocenters.